The van der Waals surface area contributed by atoms with Gasteiger partial charge in [-0.15, -0.1) is 10.2 Å². The van der Waals surface area contributed by atoms with Crippen molar-refractivity contribution in [1.82, 2.24) is 20.0 Å². The second kappa shape index (κ2) is 10.9. The summed E-state index contributed by atoms with van der Waals surface area (Å²) in [4.78, 5) is 8.69. The van der Waals surface area contributed by atoms with Crippen LogP contribution in [-0.4, -0.2) is 52.6 Å². The van der Waals surface area contributed by atoms with Gasteiger partial charge in [-0.2, -0.15) is 0 Å². The van der Waals surface area contributed by atoms with E-state index in [2.05, 4.69) is 20.0 Å². The minimum atomic E-state index is -0.625. The van der Waals surface area contributed by atoms with Crippen molar-refractivity contribution < 1.29 is 14.2 Å². The minimum Gasteiger partial charge on any atom is -0.489 e. The zero-order valence-corrected chi connectivity index (χ0v) is 20.5. The Morgan fingerprint density at radius 3 is 2.56 bits per heavy atom. The maximum atomic E-state index is 14.6. The Morgan fingerprint density at radius 2 is 1.91 bits per heavy atom. The number of rotatable bonds is 9. The standard InChI is InChI=1S/C20H21Cl3FN5O2S/c1-10(2)29(3)18-5-11(4-17(22)25-18)19-27-28-20(32-19)13-6-15(24)16(7-14(13)21)31-9-12(8-30)26-23/h4-7,10,12,26,30H,8-9H2,1-3H3. The number of pyridine rings is 1. The van der Waals surface area contributed by atoms with Gasteiger partial charge in [-0.05, 0) is 43.8 Å². The van der Waals surface area contributed by atoms with Crippen molar-refractivity contribution in [1.29, 1.82) is 0 Å². The smallest absolute Gasteiger partial charge is 0.165 e. The number of anilines is 1. The molecule has 0 saturated heterocycles. The topological polar surface area (TPSA) is 83.4 Å². The molecule has 1 unspecified atom stereocenters. The molecule has 0 radical (unpaired) electrons. The van der Waals surface area contributed by atoms with Gasteiger partial charge < -0.3 is 14.7 Å². The van der Waals surface area contributed by atoms with Gasteiger partial charge in [-0.1, -0.05) is 34.5 Å². The van der Waals surface area contributed by atoms with Gasteiger partial charge in [-0.3, -0.25) is 0 Å². The number of aromatic nitrogens is 3. The van der Waals surface area contributed by atoms with Gasteiger partial charge in [0.1, 0.15) is 27.6 Å². The Labute approximate surface area is 204 Å². The highest BCUT2D eigenvalue weighted by molar-refractivity contribution is 7.18. The largest absolute Gasteiger partial charge is 0.489 e. The lowest BCUT2D eigenvalue weighted by atomic mass is 10.2. The van der Waals surface area contributed by atoms with Gasteiger partial charge in [0.25, 0.3) is 0 Å². The van der Waals surface area contributed by atoms with Crippen LogP contribution in [0.2, 0.25) is 10.2 Å². The maximum Gasteiger partial charge on any atom is 0.165 e. The van der Waals surface area contributed by atoms with E-state index < -0.39 is 11.9 Å². The molecule has 0 aliphatic rings. The van der Waals surface area contributed by atoms with Crippen molar-refractivity contribution >= 4 is 52.1 Å². The average Bonchev–Trinajstić information content (AvgIpc) is 3.25. The Kier molecular flexibility index (Phi) is 8.49. The van der Waals surface area contributed by atoms with Crippen molar-refractivity contribution in [3.05, 3.63) is 40.3 Å². The predicted molar refractivity (Wildman–Crippen MR) is 127 cm³/mol. The lowest BCUT2D eigenvalue weighted by molar-refractivity contribution is 0.194. The molecule has 0 amide bonds. The van der Waals surface area contributed by atoms with Crippen LogP contribution in [0.25, 0.3) is 21.1 Å². The molecule has 7 nitrogen and oxygen atoms in total. The highest BCUT2D eigenvalue weighted by atomic mass is 35.5. The van der Waals surface area contributed by atoms with Gasteiger partial charge in [0.2, 0.25) is 0 Å². The second-order valence-corrected chi connectivity index (χ2v) is 9.21. The number of ether oxygens (including phenoxy) is 1. The molecule has 0 fully saturated rings. The monoisotopic (exact) mass is 519 g/mol. The highest BCUT2D eigenvalue weighted by Gasteiger charge is 2.18. The summed E-state index contributed by atoms with van der Waals surface area (Å²) in [6.07, 6.45) is 0. The van der Waals surface area contributed by atoms with Crippen LogP contribution in [0, 0.1) is 5.82 Å². The first kappa shape index (κ1) is 24.9. The maximum absolute atomic E-state index is 14.6. The van der Waals surface area contributed by atoms with Crippen molar-refractivity contribution in [2.75, 3.05) is 25.2 Å². The molecular weight excluding hydrogens is 500 g/mol. The summed E-state index contributed by atoms with van der Waals surface area (Å²) in [5.41, 5.74) is 1.13. The molecule has 1 aromatic carbocycles. The van der Waals surface area contributed by atoms with Crippen LogP contribution in [0.15, 0.2) is 24.3 Å². The van der Waals surface area contributed by atoms with Gasteiger partial charge in [-0.25, -0.2) is 14.2 Å². The van der Waals surface area contributed by atoms with Gasteiger partial charge in [0, 0.05) is 30.3 Å². The first-order valence-electron chi connectivity index (χ1n) is 9.57. The number of hydrogen-bond acceptors (Lipinski definition) is 8. The van der Waals surface area contributed by atoms with Gasteiger partial charge >= 0.3 is 0 Å². The van der Waals surface area contributed by atoms with E-state index in [1.807, 2.05) is 31.9 Å². The number of hydrogen-bond donors (Lipinski definition) is 2. The Balaban J connectivity index is 1.88. The summed E-state index contributed by atoms with van der Waals surface area (Å²) in [5.74, 6) is 0.0220. The molecule has 1 atom stereocenters. The fourth-order valence-electron chi connectivity index (χ4n) is 2.61. The van der Waals surface area contributed by atoms with E-state index in [1.54, 1.807) is 6.07 Å². The normalized spacial score (nSPS) is 12.3. The Bertz CT molecular complexity index is 1080. The quantitative estimate of drug-likeness (QED) is 0.302. The van der Waals surface area contributed by atoms with E-state index in [4.69, 9.17) is 44.8 Å². The fraction of sp³-hybridized carbons (Fsp3) is 0.350. The van der Waals surface area contributed by atoms with Crippen LogP contribution >= 0.6 is 46.3 Å². The van der Waals surface area contributed by atoms with Crippen LogP contribution in [0.4, 0.5) is 10.2 Å². The third-order valence-corrected chi connectivity index (χ3v) is 6.48. The SMILES string of the molecule is CC(C)N(C)c1cc(-c2nnc(-c3cc(F)c(OCC(CO)NCl)cc3Cl)s2)cc(Cl)n1. The van der Waals surface area contributed by atoms with Crippen molar-refractivity contribution in [2.45, 2.75) is 25.9 Å². The van der Waals surface area contributed by atoms with Crippen molar-refractivity contribution in [3.63, 3.8) is 0 Å². The Morgan fingerprint density at radius 1 is 1.19 bits per heavy atom. The fourth-order valence-corrected chi connectivity index (χ4v) is 4.11. The summed E-state index contributed by atoms with van der Waals surface area (Å²) in [6, 6.07) is 5.85. The first-order valence-corrected chi connectivity index (χ1v) is 11.5. The van der Waals surface area contributed by atoms with Crippen LogP contribution in [0.1, 0.15) is 13.8 Å². The van der Waals surface area contributed by atoms with E-state index in [0.29, 0.717) is 26.5 Å². The summed E-state index contributed by atoms with van der Waals surface area (Å²) in [6.45, 7) is 3.79. The molecule has 32 heavy (non-hydrogen) atoms. The molecule has 2 aromatic heterocycles. The van der Waals surface area contributed by atoms with Crippen molar-refractivity contribution in [3.8, 4) is 26.9 Å². The minimum absolute atomic E-state index is 0.0362. The second-order valence-electron chi connectivity index (χ2n) is 7.22. The molecule has 0 spiro atoms. The third kappa shape index (κ3) is 5.78. The van der Waals surface area contributed by atoms with Gasteiger partial charge in [0.15, 0.2) is 11.6 Å². The predicted octanol–water partition coefficient (Wildman–Crippen LogP) is 5.04. The molecule has 12 heteroatoms. The molecular formula is C20H21Cl3FN5O2S. The number of aliphatic hydroxyl groups excluding tert-OH is 1. The van der Waals surface area contributed by atoms with Gasteiger partial charge in [0.05, 0.1) is 17.7 Å². The van der Waals surface area contributed by atoms with E-state index in [9.17, 15) is 4.39 Å². The molecule has 2 N–H and O–H groups in total. The van der Waals surface area contributed by atoms with E-state index >= 15 is 0 Å². The molecule has 3 rings (SSSR count). The number of aliphatic hydroxyl groups is 1. The van der Waals surface area contributed by atoms with Crippen LogP contribution in [-0.2, 0) is 0 Å². The number of benzene rings is 1. The van der Waals surface area contributed by atoms with Crippen molar-refractivity contribution in [2.24, 2.45) is 0 Å². The molecule has 0 bridgehead atoms. The molecule has 172 valence electrons. The lowest BCUT2D eigenvalue weighted by Gasteiger charge is -2.23. The number of nitrogens with zero attached hydrogens (tertiary/aromatic N) is 4. The summed E-state index contributed by atoms with van der Waals surface area (Å²) in [7, 11) is 1.93. The number of halogens is 4. The van der Waals surface area contributed by atoms with E-state index in [1.165, 1.54) is 23.5 Å². The van der Waals surface area contributed by atoms with E-state index in [-0.39, 0.29) is 30.0 Å². The summed E-state index contributed by atoms with van der Waals surface area (Å²) < 4.78 is 20.0. The zero-order valence-electron chi connectivity index (χ0n) is 17.4. The summed E-state index contributed by atoms with van der Waals surface area (Å²) in [5, 5.41) is 19.1. The highest BCUT2D eigenvalue weighted by Crippen LogP contribution is 2.38. The number of nitrogens with one attached hydrogen (secondary N) is 1. The molecule has 0 saturated carbocycles. The van der Waals surface area contributed by atoms with Crippen LogP contribution < -0.4 is 14.5 Å². The third-order valence-electron chi connectivity index (χ3n) is 4.66. The zero-order chi connectivity index (χ0) is 23.4. The Hall–Kier alpha value is -1.75. The molecule has 0 aliphatic carbocycles. The molecule has 2 heterocycles. The first-order chi connectivity index (χ1) is 15.2. The average molecular weight is 521 g/mol. The molecule has 0 aliphatic heterocycles. The van der Waals surface area contributed by atoms with Crippen LogP contribution in [0.3, 0.4) is 0 Å². The molecule has 3 aromatic rings. The lowest BCUT2D eigenvalue weighted by Crippen LogP contribution is -2.32. The summed E-state index contributed by atoms with van der Waals surface area (Å²) >= 11 is 19.3. The van der Waals surface area contributed by atoms with Crippen LogP contribution in [0.5, 0.6) is 5.75 Å². The van der Waals surface area contributed by atoms with E-state index in [0.717, 1.165) is 5.56 Å².